The number of nitrogens with one attached hydrogen (secondary N) is 1. The summed E-state index contributed by atoms with van der Waals surface area (Å²) in [4.78, 5) is 3.71. The first kappa shape index (κ1) is 25.2. The van der Waals surface area contributed by atoms with Crippen LogP contribution >= 0.6 is 23.1 Å². The highest BCUT2D eigenvalue weighted by molar-refractivity contribution is 8.00. The van der Waals surface area contributed by atoms with Gasteiger partial charge in [-0.25, -0.2) is 0 Å². The summed E-state index contributed by atoms with van der Waals surface area (Å²) < 4.78 is 2.71. The van der Waals surface area contributed by atoms with Crippen LogP contribution in [0.1, 0.15) is 16.5 Å². The molecule has 2 heterocycles. The predicted molar refractivity (Wildman–Crippen MR) is 183 cm³/mol. The third-order valence-electron chi connectivity index (χ3n) is 8.12. The van der Waals surface area contributed by atoms with E-state index >= 15 is 0 Å². The Morgan fingerprint density at radius 3 is 2.05 bits per heavy atom. The van der Waals surface area contributed by atoms with E-state index in [2.05, 4.69) is 157 Å². The molecule has 0 radical (unpaired) electrons. The van der Waals surface area contributed by atoms with Crippen LogP contribution in [-0.2, 0) is 0 Å². The first-order valence-corrected chi connectivity index (χ1v) is 15.9. The zero-order valence-corrected chi connectivity index (χ0v) is 24.8. The van der Waals surface area contributed by atoms with Gasteiger partial charge in [-0.2, -0.15) is 0 Å². The number of anilines is 4. The molecule has 1 N–H and O–H groups in total. The van der Waals surface area contributed by atoms with E-state index in [4.69, 9.17) is 0 Å². The van der Waals surface area contributed by atoms with Crippen molar-refractivity contribution in [3.63, 3.8) is 0 Å². The molecule has 42 heavy (non-hydrogen) atoms. The zero-order valence-electron chi connectivity index (χ0n) is 23.1. The average molecular weight is 577 g/mol. The van der Waals surface area contributed by atoms with Crippen LogP contribution < -0.4 is 10.2 Å². The molecule has 1 aliphatic heterocycles. The van der Waals surface area contributed by atoms with E-state index < -0.39 is 0 Å². The largest absolute Gasteiger partial charge is 0.368 e. The Morgan fingerprint density at radius 1 is 0.619 bits per heavy atom. The molecule has 8 rings (SSSR count). The van der Waals surface area contributed by atoms with Gasteiger partial charge in [0.1, 0.15) is 5.37 Å². The Labute approximate surface area is 254 Å². The van der Waals surface area contributed by atoms with Crippen molar-refractivity contribution in [1.82, 2.24) is 0 Å². The summed E-state index contributed by atoms with van der Waals surface area (Å²) >= 11 is 3.81. The van der Waals surface area contributed by atoms with Crippen molar-refractivity contribution in [1.29, 1.82) is 0 Å². The van der Waals surface area contributed by atoms with E-state index in [0.717, 1.165) is 11.4 Å². The SMILES string of the molecule is Cc1c(-c2ccc(C3Nc4ccc5sc6ccccc6c5c4S3)cc2)cccc1N(c1ccccc1)c1ccccc1. The summed E-state index contributed by atoms with van der Waals surface area (Å²) in [5.74, 6) is 0. The molecule has 7 aromatic rings. The van der Waals surface area contributed by atoms with Crippen molar-refractivity contribution in [3.05, 3.63) is 151 Å². The number of hydrogen-bond donors (Lipinski definition) is 1. The molecule has 1 unspecified atom stereocenters. The topological polar surface area (TPSA) is 15.3 Å². The Morgan fingerprint density at radius 2 is 1.31 bits per heavy atom. The smallest absolute Gasteiger partial charge is 0.103 e. The number of hydrogen-bond acceptors (Lipinski definition) is 4. The number of rotatable bonds is 5. The first-order chi connectivity index (χ1) is 20.7. The second-order valence-corrected chi connectivity index (χ2v) is 12.8. The summed E-state index contributed by atoms with van der Waals surface area (Å²) in [7, 11) is 0. The van der Waals surface area contributed by atoms with Crippen molar-refractivity contribution in [3.8, 4) is 11.1 Å². The van der Waals surface area contributed by atoms with Gasteiger partial charge in [0.15, 0.2) is 0 Å². The summed E-state index contributed by atoms with van der Waals surface area (Å²) in [6, 6.07) is 50.2. The van der Waals surface area contributed by atoms with E-state index in [0.29, 0.717) is 0 Å². The van der Waals surface area contributed by atoms with Crippen molar-refractivity contribution in [2.24, 2.45) is 0 Å². The molecule has 0 amide bonds. The number of thioether (sulfide) groups is 1. The van der Waals surface area contributed by atoms with Crippen LogP contribution in [0.4, 0.5) is 22.7 Å². The normalized spacial score (nSPS) is 14.2. The molecule has 6 aromatic carbocycles. The molecule has 1 aromatic heterocycles. The average Bonchev–Trinajstić information content (AvgIpc) is 3.65. The third kappa shape index (κ3) is 4.27. The molecule has 1 aliphatic rings. The predicted octanol–water partition coefficient (Wildman–Crippen LogP) is 11.7. The summed E-state index contributed by atoms with van der Waals surface area (Å²) in [6.45, 7) is 2.24. The second-order valence-electron chi connectivity index (χ2n) is 10.6. The molecule has 202 valence electrons. The molecule has 0 saturated heterocycles. The van der Waals surface area contributed by atoms with Crippen molar-refractivity contribution >= 4 is 66.0 Å². The van der Waals surface area contributed by atoms with Gasteiger partial charge in [-0.15, -0.1) is 11.3 Å². The molecular weight excluding hydrogens is 549 g/mol. The highest BCUT2D eigenvalue weighted by Gasteiger charge is 2.26. The van der Waals surface area contributed by atoms with Crippen molar-refractivity contribution < 1.29 is 0 Å². The van der Waals surface area contributed by atoms with Gasteiger partial charge in [-0.3, -0.25) is 0 Å². The number of benzene rings is 6. The Balaban J connectivity index is 1.12. The number of nitrogens with zero attached hydrogens (tertiary/aromatic N) is 1. The van der Waals surface area contributed by atoms with Gasteiger partial charge in [-0.1, -0.05) is 103 Å². The Kier molecular flexibility index (Phi) is 6.24. The van der Waals surface area contributed by atoms with E-state index in [1.807, 2.05) is 23.1 Å². The maximum absolute atomic E-state index is 3.79. The standard InChI is InChI=1S/C38H28N2S2/c1-25-30(16-10-17-33(25)40(28-11-4-2-5-12-28)29-13-6-3-7-14-29)26-19-21-27(22-20-26)38-39-32-23-24-35-36(37(32)42-38)31-15-8-9-18-34(31)41-35/h2-24,38-39H,1H3. The molecule has 0 aliphatic carbocycles. The van der Waals surface area contributed by atoms with Crippen LogP contribution in [0.3, 0.4) is 0 Å². The molecule has 1 atom stereocenters. The quantitative estimate of drug-likeness (QED) is 0.219. The van der Waals surface area contributed by atoms with Crippen LogP contribution in [0.25, 0.3) is 31.3 Å². The van der Waals surface area contributed by atoms with Crippen LogP contribution in [0.15, 0.2) is 144 Å². The van der Waals surface area contributed by atoms with Gasteiger partial charge in [0.2, 0.25) is 0 Å². The molecule has 0 bridgehead atoms. The van der Waals surface area contributed by atoms with Crippen LogP contribution in [0.2, 0.25) is 0 Å². The van der Waals surface area contributed by atoms with E-state index in [1.165, 1.54) is 58.7 Å². The molecule has 0 fully saturated rings. The van der Waals surface area contributed by atoms with E-state index in [1.54, 1.807) is 0 Å². The maximum Gasteiger partial charge on any atom is 0.103 e. The Hall–Kier alpha value is -4.51. The van der Waals surface area contributed by atoms with Crippen molar-refractivity contribution in [2.75, 3.05) is 10.2 Å². The van der Waals surface area contributed by atoms with Gasteiger partial charge < -0.3 is 10.2 Å². The lowest BCUT2D eigenvalue weighted by Crippen LogP contribution is -2.11. The zero-order chi connectivity index (χ0) is 28.0. The van der Waals surface area contributed by atoms with Gasteiger partial charge in [-0.05, 0) is 77.7 Å². The highest BCUT2D eigenvalue weighted by Crippen LogP contribution is 2.52. The molecule has 0 spiro atoms. The number of para-hydroxylation sites is 2. The molecule has 2 nitrogen and oxygen atoms in total. The minimum Gasteiger partial charge on any atom is -0.368 e. The fourth-order valence-corrected chi connectivity index (χ4v) is 8.54. The lowest BCUT2D eigenvalue weighted by molar-refractivity contribution is 1.14. The lowest BCUT2D eigenvalue weighted by atomic mass is 9.97. The number of thiophene rings is 1. The Bertz CT molecular complexity index is 2010. The molecule has 0 saturated carbocycles. The van der Waals surface area contributed by atoms with E-state index in [-0.39, 0.29) is 5.37 Å². The van der Waals surface area contributed by atoms with Crippen LogP contribution in [-0.4, -0.2) is 0 Å². The maximum atomic E-state index is 3.79. The number of fused-ring (bicyclic) bond motifs is 5. The van der Waals surface area contributed by atoms with Crippen LogP contribution in [0, 0.1) is 6.92 Å². The minimum atomic E-state index is 0.192. The van der Waals surface area contributed by atoms with Gasteiger partial charge >= 0.3 is 0 Å². The second kappa shape index (κ2) is 10.4. The summed E-state index contributed by atoms with van der Waals surface area (Å²) in [5.41, 5.74) is 9.73. The van der Waals surface area contributed by atoms with Crippen molar-refractivity contribution in [2.45, 2.75) is 17.2 Å². The minimum absolute atomic E-state index is 0.192. The van der Waals surface area contributed by atoms with Gasteiger partial charge in [0.25, 0.3) is 0 Å². The summed E-state index contributed by atoms with van der Waals surface area (Å²) in [5, 5.41) is 6.73. The first-order valence-electron chi connectivity index (χ1n) is 14.2. The van der Waals surface area contributed by atoms with Gasteiger partial charge in [0.05, 0.1) is 0 Å². The lowest BCUT2D eigenvalue weighted by Gasteiger charge is -2.28. The molecule has 4 heteroatoms. The monoisotopic (exact) mass is 576 g/mol. The van der Waals surface area contributed by atoms with E-state index in [9.17, 15) is 0 Å². The fourth-order valence-electron chi connectivity index (χ4n) is 6.06. The highest BCUT2D eigenvalue weighted by atomic mass is 32.2. The van der Waals surface area contributed by atoms with Crippen LogP contribution in [0.5, 0.6) is 0 Å². The third-order valence-corrected chi connectivity index (χ3v) is 10.5. The van der Waals surface area contributed by atoms with Gasteiger partial charge in [0, 0.05) is 47.8 Å². The fraction of sp³-hybridized carbons (Fsp3) is 0.0526. The summed E-state index contributed by atoms with van der Waals surface area (Å²) in [6.07, 6.45) is 0. The molecular formula is C38H28N2S2.